The van der Waals surface area contributed by atoms with Gasteiger partial charge in [0.1, 0.15) is 17.2 Å². The molecule has 6 heteroatoms. The monoisotopic (exact) mass is 269 g/mol. The van der Waals surface area contributed by atoms with Gasteiger partial charge in [-0.05, 0) is 30.3 Å². The molecule has 0 bridgehead atoms. The molecule has 0 aliphatic rings. The summed E-state index contributed by atoms with van der Waals surface area (Å²) in [6.45, 7) is 0.250. The smallest absolute Gasteiger partial charge is 0.125 e. The predicted molar refractivity (Wildman–Crippen MR) is 72.4 cm³/mol. The van der Waals surface area contributed by atoms with Gasteiger partial charge < -0.3 is 5.73 Å². The molecule has 2 aromatic heterocycles. The van der Waals surface area contributed by atoms with Crippen molar-refractivity contribution in [2.45, 2.75) is 6.54 Å². The van der Waals surface area contributed by atoms with Crippen molar-refractivity contribution in [2.75, 3.05) is 0 Å². The summed E-state index contributed by atoms with van der Waals surface area (Å²) in [6, 6.07) is 9.88. The van der Waals surface area contributed by atoms with Crippen molar-refractivity contribution in [2.24, 2.45) is 5.73 Å². The Kier molecular flexibility index (Phi) is 3.22. The fourth-order valence-electron chi connectivity index (χ4n) is 2.03. The van der Waals surface area contributed by atoms with Gasteiger partial charge in [-0.2, -0.15) is 0 Å². The molecule has 0 atom stereocenters. The first-order valence-corrected chi connectivity index (χ1v) is 6.10. The van der Waals surface area contributed by atoms with Crippen LogP contribution in [0.15, 0.2) is 48.8 Å². The molecular weight excluding hydrogens is 257 g/mol. The first-order valence-electron chi connectivity index (χ1n) is 6.10. The van der Waals surface area contributed by atoms with Crippen LogP contribution >= 0.6 is 0 Å². The Labute approximate surface area is 114 Å². The van der Waals surface area contributed by atoms with Gasteiger partial charge in [0.2, 0.25) is 0 Å². The minimum atomic E-state index is -0.329. The largest absolute Gasteiger partial charge is 0.325 e. The molecule has 0 radical (unpaired) electrons. The van der Waals surface area contributed by atoms with Crippen LogP contribution in [0, 0.1) is 5.82 Å². The molecule has 0 aliphatic heterocycles. The standard InChI is InChI=1S/C14H12FN5/c15-11-4-1-5-12(7-11)20-14(13(8-16)18-19-20)10-3-2-6-17-9-10/h1-7,9H,8,16H2. The second kappa shape index (κ2) is 5.18. The maximum atomic E-state index is 13.4. The van der Waals surface area contributed by atoms with Crippen molar-refractivity contribution in [3.63, 3.8) is 0 Å². The Morgan fingerprint density at radius 2 is 2.10 bits per heavy atom. The summed E-state index contributed by atoms with van der Waals surface area (Å²) in [6.07, 6.45) is 3.38. The number of hydrogen-bond donors (Lipinski definition) is 1. The fraction of sp³-hybridized carbons (Fsp3) is 0.0714. The van der Waals surface area contributed by atoms with Gasteiger partial charge in [-0.3, -0.25) is 4.98 Å². The van der Waals surface area contributed by atoms with E-state index in [4.69, 9.17) is 5.73 Å². The number of nitrogens with zero attached hydrogens (tertiary/aromatic N) is 4. The topological polar surface area (TPSA) is 69.6 Å². The molecule has 0 saturated heterocycles. The van der Waals surface area contributed by atoms with E-state index in [9.17, 15) is 4.39 Å². The van der Waals surface area contributed by atoms with Crippen molar-refractivity contribution >= 4 is 0 Å². The summed E-state index contributed by atoms with van der Waals surface area (Å²) in [5, 5.41) is 8.12. The first kappa shape index (κ1) is 12.4. The zero-order valence-corrected chi connectivity index (χ0v) is 10.6. The molecule has 0 saturated carbocycles. The quantitative estimate of drug-likeness (QED) is 0.788. The van der Waals surface area contributed by atoms with E-state index in [0.29, 0.717) is 11.4 Å². The van der Waals surface area contributed by atoms with Gasteiger partial charge in [-0.15, -0.1) is 5.10 Å². The second-order valence-corrected chi connectivity index (χ2v) is 4.22. The maximum Gasteiger partial charge on any atom is 0.125 e. The van der Waals surface area contributed by atoms with E-state index in [-0.39, 0.29) is 12.4 Å². The van der Waals surface area contributed by atoms with Crippen LogP contribution in [0.5, 0.6) is 0 Å². The van der Waals surface area contributed by atoms with Crippen LogP contribution in [0.2, 0.25) is 0 Å². The molecule has 2 heterocycles. The van der Waals surface area contributed by atoms with E-state index in [2.05, 4.69) is 15.3 Å². The van der Waals surface area contributed by atoms with Crippen LogP contribution in [0.4, 0.5) is 4.39 Å². The highest BCUT2D eigenvalue weighted by Crippen LogP contribution is 2.24. The summed E-state index contributed by atoms with van der Waals surface area (Å²) in [4.78, 5) is 4.08. The van der Waals surface area contributed by atoms with Crippen LogP contribution in [-0.2, 0) is 6.54 Å². The van der Waals surface area contributed by atoms with E-state index in [1.54, 1.807) is 29.2 Å². The van der Waals surface area contributed by atoms with Crippen molar-refractivity contribution in [1.82, 2.24) is 20.0 Å². The number of nitrogens with two attached hydrogens (primary N) is 1. The lowest BCUT2D eigenvalue weighted by molar-refractivity contribution is 0.625. The van der Waals surface area contributed by atoms with Gasteiger partial charge in [0.05, 0.1) is 5.69 Å². The van der Waals surface area contributed by atoms with Gasteiger partial charge in [-0.25, -0.2) is 9.07 Å². The van der Waals surface area contributed by atoms with Gasteiger partial charge in [0, 0.05) is 24.5 Å². The van der Waals surface area contributed by atoms with Crippen molar-refractivity contribution < 1.29 is 4.39 Å². The number of benzene rings is 1. The van der Waals surface area contributed by atoms with Crippen LogP contribution in [0.25, 0.3) is 16.9 Å². The molecule has 0 aliphatic carbocycles. The van der Waals surface area contributed by atoms with E-state index in [0.717, 1.165) is 11.3 Å². The summed E-state index contributed by atoms with van der Waals surface area (Å²) >= 11 is 0. The second-order valence-electron chi connectivity index (χ2n) is 4.22. The Bertz CT molecular complexity index is 723. The first-order chi connectivity index (χ1) is 9.79. The lowest BCUT2D eigenvalue weighted by atomic mass is 10.1. The normalized spacial score (nSPS) is 10.7. The summed E-state index contributed by atoms with van der Waals surface area (Å²) in [7, 11) is 0. The molecular formula is C14H12FN5. The summed E-state index contributed by atoms with van der Waals surface area (Å²) < 4.78 is 14.9. The maximum absolute atomic E-state index is 13.4. The zero-order valence-electron chi connectivity index (χ0n) is 10.6. The highest BCUT2D eigenvalue weighted by molar-refractivity contribution is 5.63. The number of pyridine rings is 1. The van der Waals surface area contributed by atoms with Crippen LogP contribution < -0.4 is 5.73 Å². The van der Waals surface area contributed by atoms with Gasteiger partial charge in [-0.1, -0.05) is 11.3 Å². The Morgan fingerprint density at radius 3 is 2.80 bits per heavy atom. The van der Waals surface area contributed by atoms with Gasteiger partial charge in [0.15, 0.2) is 0 Å². The van der Waals surface area contributed by atoms with E-state index in [1.807, 2.05) is 12.1 Å². The minimum absolute atomic E-state index is 0.250. The molecule has 0 fully saturated rings. The molecule has 100 valence electrons. The van der Waals surface area contributed by atoms with E-state index < -0.39 is 0 Å². The molecule has 3 aromatic rings. The Hall–Kier alpha value is -2.60. The highest BCUT2D eigenvalue weighted by atomic mass is 19.1. The molecule has 0 amide bonds. The molecule has 3 rings (SSSR count). The lowest BCUT2D eigenvalue weighted by Crippen LogP contribution is -2.03. The van der Waals surface area contributed by atoms with Crippen molar-refractivity contribution in [1.29, 1.82) is 0 Å². The SMILES string of the molecule is NCc1nnn(-c2cccc(F)c2)c1-c1cccnc1. The fourth-order valence-corrected chi connectivity index (χ4v) is 2.03. The number of hydrogen-bond acceptors (Lipinski definition) is 4. The third kappa shape index (κ3) is 2.17. The number of halogens is 1. The average molecular weight is 269 g/mol. The van der Waals surface area contributed by atoms with Crippen LogP contribution in [0.1, 0.15) is 5.69 Å². The summed E-state index contributed by atoms with van der Waals surface area (Å²) in [5.41, 5.74) is 8.50. The molecule has 0 unspecified atom stereocenters. The minimum Gasteiger partial charge on any atom is -0.325 e. The Morgan fingerprint density at radius 1 is 1.20 bits per heavy atom. The number of aromatic nitrogens is 4. The van der Waals surface area contributed by atoms with E-state index >= 15 is 0 Å². The van der Waals surface area contributed by atoms with Crippen molar-refractivity contribution in [3.05, 3.63) is 60.3 Å². The summed E-state index contributed by atoms with van der Waals surface area (Å²) in [5.74, 6) is -0.329. The highest BCUT2D eigenvalue weighted by Gasteiger charge is 2.15. The van der Waals surface area contributed by atoms with Gasteiger partial charge >= 0.3 is 0 Å². The van der Waals surface area contributed by atoms with Crippen LogP contribution in [-0.4, -0.2) is 20.0 Å². The lowest BCUT2D eigenvalue weighted by Gasteiger charge is -2.07. The Balaban J connectivity index is 2.20. The zero-order chi connectivity index (χ0) is 13.9. The average Bonchev–Trinajstić information content (AvgIpc) is 2.92. The molecule has 0 spiro atoms. The molecule has 20 heavy (non-hydrogen) atoms. The van der Waals surface area contributed by atoms with E-state index in [1.165, 1.54) is 12.1 Å². The molecule has 1 aromatic carbocycles. The van der Waals surface area contributed by atoms with Crippen molar-refractivity contribution in [3.8, 4) is 16.9 Å². The molecule has 5 nitrogen and oxygen atoms in total. The van der Waals surface area contributed by atoms with Crippen LogP contribution in [0.3, 0.4) is 0 Å². The number of rotatable bonds is 3. The predicted octanol–water partition coefficient (Wildman–Crippen LogP) is 1.93. The molecule has 2 N–H and O–H groups in total. The third-order valence-electron chi connectivity index (χ3n) is 2.92. The third-order valence-corrected chi connectivity index (χ3v) is 2.92. The van der Waals surface area contributed by atoms with Gasteiger partial charge in [0.25, 0.3) is 0 Å².